The van der Waals surface area contributed by atoms with Gasteiger partial charge >= 0.3 is 0 Å². The van der Waals surface area contributed by atoms with Crippen LogP contribution in [0.1, 0.15) is 24.7 Å². The minimum absolute atomic E-state index is 0.361. The van der Waals surface area contributed by atoms with Crippen molar-refractivity contribution in [3.05, 3.63) is 24.0 Å². The van der Waals surface area contributed by atoms with Crippen molar-refractivity contribution < 1.29 is 9.47 Å². The summed E-state index contributed by atoms with van der Waals surface area (Å²) in [5, 5.41) is 0. The molecule has 1 aliphatic heterocycles. The van der Waals surface area contributed by atoms with E-state index in [1.54, 1.807) is 7.11 Å². The molecule has 1 saturated heterocycles. The van der Waals surface area contributed by atoms with E-state index >= 15 is 0 Å². The molecule has 1 fully saturated rings. The fourth-order valence-electron chi connectivity index (χ4n) is 2.85. The van der Waals surface area contributed by atoms with Crippen molar-refractivity contribution in [1.29, 1.82) is 0 Å². The number of alkyl halides is 1. The van der Waals surface area contributed by atoms with E-state index in [9.17, 15) is 0 Å². The summed E-state index contributed by atoms with van der Waals surface area (Å²) in [5.41, 5.74) is 2.11. The molecule has 20 heavy (non-hydrogen) atoms. The Bertz CT molecular complexity index is 591. The van der Waals surface area contributed by atoms with E-state index in [-0.39, 0.29) is 0 Å². The molecule has 1 aromatic heterocycles. The van der Waals surface area contributed by atoms with Crippen molar-refractivity contribution in [2.75, 3.05) is 26.2 Å². The van der Waals surface area contributed by atoms with Crippen molar-refractivity contribution in [1.82, 2.24) is 9.55 Å². The molecule has 1 aromatic carbocycles. The summed E-state index contributed by atoms with van der Waals surface area (Å²) in [6.07, 6.45) is 3.00. The Morgan fingerprint density at radius 2 is 2.40 bits per heavy atom. The van der Waals surface area contributed by atoms with Crippen molar-refractivity contribution in [2.24, 2.45) is 0 Å². The van der Waals surface area contributed by atoms with E-state index in [4.69, 9.17) is 26.1 Å². The third-order valence-electron chi connectivity index (χ3n) is 3.79. The molecule has 0 saturated carbocycles. The SMILES string of the molecule is COc1ccc2c(c1)nc(CCCl)n2C1CCCOC1. The van der Waals surface area contributed by atoms with Crippen LogP contribution in [0.5, 0.6) is 5.75 Å². The first-order chi connectivity index (χ1) is 9.83. The van der Waals surface area contributed by atoms with Gasteiger partial charge in [-0.25, -0.2) is 4.98 Å². The summed E-state index contributed by atoms with van der Waals surface area (Å²) >= 11 is 5.92. The molecule has 5 heteroatoms. The minimum Gasteiger partial charge on any atom is -0.497 e. The van der Waals surface area contributed by atoms with Gasteiger partial charge in [-0.15, -0.1) is 11.6 Å². The van der Waals surface area contributed by atoms with E-state index in [0.29, 0.717) is 11.9 Å². The lowest BCUT2D eigenvalue weighted by Gasteiger charge is -2.25. The van der Waals surface area contributed by atoms with E-state index in [2.05, 4.69) is 10.6 Å². The number of benzene rings is 1. The number of nitrogens with zero attached hydrogens (tertiary/aromatic N) is 2. The van der Waals surface area contributed by atoms with Gasteiger partial charge in [0.05, 0.1) is 30.8 Å². The quantitative estimate of drug-likeness (QED) is 0.813. The first-order valence-electron chi connectivity index (χ1n) is 7.02. The zero-order valence-corrected chi connectivity index (χ0v) is 12.4. The highest BCUT2D eigenvalue weighted by Gasteiger charge is 2.21. The van der Waals surface area contributed by atoms with E-state index in [1.165, 1.54) is 0 Å². The van der Waals surface area contributed by atoms with E-state index < -0.39 is 0 Å². The van der Waals surface area contributed by atoms with Gasteiger partial charge in [0.2, 0.25) is 0 Å². The maximum absolute atomic E-state index is 5.92. The Balaban J connectivity index is 2.08. The Morgan fingerprint density at radius 3 is 3.10 bits per heavy atom. The highest BCUT2D eigenvalue weighted by Crippen LogP contribution is 2.29. The maximum Gasteiger partial charge on any atom is 0.121 e. The summed E-state index contributed by atoms with van der Waals surface area (Å²) in [7, 11) is 1.67. The Labute approximate surface area is 123 Å². The van der Waals surface area contributed by atoms with Gasteiger partial charge in [-0.05, 0) is 25.0 Å². The van der Waals surface area contributed by atoms with Crippen LogP contribution >= 0.6 is 11.6 Å². The van der Waals surface area contributed by atoms with E-state index in [1.807, 2.05) is 12.1 Å². The Kier molecular flexibility index (Phi) is 4.13. The third-order valence-corrected chi connectivity index (χ3v) is 3.98. The maximum atomic E-state index is 5.92. The monoisotopic (exact) mass is 294 g/mol. The molecule has 0 amide bonds. The van der Waals surface area contributed by atoms with Gasteiger partial charge in [0.1, 0.15) is 11.6 Å². The average Bonchev–Trinajstić information content (AvgIpc) is 2.85. The number of rotatable bonds is 4. The Hall–Kier alpha value is -1.26. The molecule has 1 aliphatic rings. The largest absolute Gasteiger partial charge is 0.497 e. The topological polar surface area (TPSA) is 36.3 Å². The first-order valence-corrected chi connectivity index (χ1v) is 7.55. The molecule has 0 spiro atoms. The highest BCUT2D eigenvalue weighted by molar-refractivity contribution is 6.17. The third kappa shape index (κ3) is 2.50. The smallest absolute Gasteiger partial charge is 0.121 e. The van der Waals surface area contributed by atoms with Crippen LogP contribution in [0.3, 0.4) is 0 Å². The van der Waals surface area contributed by atoms with Crippen molar-refractivity contribution in [3.8, 4) is 5.75 Å². The van der Waals surface area contributed by atoms with Gasteiger partial charge in [0, 0.05) is 25.0 Å². The van der Waals surface area contributed by atoms with Gasteiger partial charge in [-0.2, -0.15) is 0 Å². The second-order valence-corrected chi connectivity index (χ2v) is 5.44. The zero-order chi connectivity index (χ0) is 13.9. The molecule has 2 aromatic rings. The lowest BCUT2D eigenvalue weighted by Crippen LogP contribution is -2.23. The predicted molar refractivity (Wildman–Crippen MR) is 79.8 cm³/mol. The van der Waals surface area contributed by atoms with Crippen molar-refractivity contribution in [2.45, 2.75) is 25.3 Å². The molecule has 4 nitrogen and oxygen atoms in total. The van der Waals surface area contributed by atoms with Crippen LogP contribution < -0.4 is 4.74 Å². The van der Waals surface area contributed by atoms with Crippen LogP contribution in [0.15, 0.2) is 18.2 Å². The normalized spacial score (nSPS) is 19.4. The number of halogens is 1. The minimum atomic E-state index is 0.361. The highest BCUT2D eigenvalue weighted by atomic mass is 35.5. The molecular weight excluding hydrogens is 276 g/mol. The number of ether oxygens (including phenoxy) is 2. The molecule has 0 aliphatic carbocycles. The summed E-state index contributed by atoms with van der Waals surface area (Å²) in [6, 6.07) is 6.40. The molecule has 0 radical (unpaired) electrons. The van der Waals surface area contributed by atoms with E-state index in [0.717, 1.165) is 55.1 Å². The molecule has 0 N–H and O–H groups in total. The lowest BCUT2D eigenvalue weighted by atomic mass is 10.1. The number of fused-ring (bicyclic) bond motifs is 1. The van der Waals surface area contributed by atoms with Crippen LogP contribution in [0.2, 0.25) is 0 Å². The number of hydrogen-bond acceptors (Lipinski definition) is 3. The molecule has 1 atom stereocenters. The second-order valence-electron chi connectivity index (χ2n) is 5.06. The van der Waals surface area contributed by atoms with Gasteiger partial charge in [-0.1, -0.05) is 0 Å². The summed E-state index contributed by atoms with van der Waals surface area (Å²) in [6.45, 7) is 1.62. The molecule has 0 bridgehead atoms. The van der Waals surface area contributed by atoms with Crippen LogP contribution in [0.25, 0.3) is 11.0 Å². The average molecular weight is 295 g/mol. The summed E-state index contributed by atoms with van der Waals surface area (Å²) in [4.78, 5) is 4.73. The molecule has 1 unspecified atom stereocenters. The number of imidazole rings is 1. The van der Waals surface area contributed by atoms with Crippen LogP contribution in [0, 0.1) is 0 Å². The van der Waals surface area contributed by atoms with Gasteiger partial charge < -0.3 is 14.0 Å². The molecular formula is C15H19ClN2O2. The van der Waals surface area contributed by atoms with Crippen LogP contribution in [-0.2, 0) is 11.2 Å². The second kappa shape index (κ2) is 6.02. The summed E-state index contributed by atoms with van der Waals surface area (Å²) in [5.74, 6) is 2.45. The summed E-state index contributed by atoms with van der Waals surface area (Å²) < 4.78 is 13.2. The molecule has 108 valence electrons. The van der Waals surface area contributed by atoms with Gasteiger partial charge in [0.15, 0.2) is 0 Å². The fraction of sp³-hybridized carbons (Fsp3) is 0.533. The fourth-order valence-corrected chi connectivity index (χ4v) is 3.02. The van der Waals surface area contributed by atoms with Crippen LogP contribution in [0.4, 0.5) is 0 Å². The van der Waals surface area contributed by atoms with Crippen LogP contribution in [-0.4, -0.2) is 35.8 Å². The standard InChI is InChI=1S/C15H19ClN2O2/c1-19-12-4-5-14-13(9-12)17-15(6-7-16)18(14)11-3-2-8-20-10-11/h4-5,9,11H,2-3,6-8,10H2,1H3. The zero-order valence-electron chi connectivity index (χ0n) is 11.6. The Morgan fingerprint density at radius 1 is 1.50 bits per heavy atom. The van der Waals surface area contributed by atoms with Crippen molar-refractivity contribution in [3.63, 3.8) is 0 Å². The number of methoxy groups -OCH3 is 1. The number of aryl methyl sites for hydroxylation is 1. The van der Waals surface area contributed by atoms with Crippen molar-refractivity contribution >= 4 is 22.6 Å². The first kappa shape index (κ1) is 13.7. The molecule has 3 rings (SSSR count). The number of hydrogen-bond donors (Lipinski definition) is 0. The molecule has 2 heterocycles. The number of aromatic nitrogens is 2. The van der Waals surface area contributed by atoms with Gasteiger partial charge in [0.25, 0.3) is 0 Å². The predicted octanol–water partition coefficient (Wildman–Crippen LogP) is 3.18. The lowest BCUT2D eigenvalue weighted by molar-refractivity contribution is 0.0596. The van der Waals surface area contributed by atoms with Gasteiger partial charge in [-0.3, -0.25) is 0 Å².